The number of carbonyl (C=O) groups is 1. The Hall–Kier alpha value is -3.01. The Morgan fingerprint density at radius 3 is 2.37 bits per heavy atom. The number of nitrogens with one attached hydrogen (secondary N) is 4. The van der Waals surface area contributed by atoms with Gasteiger partial charge >= 0.3 is 6.09 Å². The number of aromatic nitrogens is 3. The van der Waals surface area contributed by atoms with Crippen molar-refractivity contribution < 1.29 is 14.3 Å². The lowest BCUT2D eigenvalue weighted by molar-refractivity contribution is 0.0530. The van der Waals surface area contributed by atoms with Crippen LogP contribution < -0.4 is 26.0 Å². The summed E-state index contributed by atoms with van der Waals surface area (Å²) < 4.78 is 10.5. The van der Waals surface area contributed by atoms with Gasteiger partial charge in [0.25, 0.3) is 0 Å². The zero-order valence-electron chi connectivity index (χ0n) is 20.9. The lowest BCUT2D eigenvalue weighted by Crippen LogP contribution is -2.35. The molecule has 1 aliphatic carbocycles. The molecule has 4 N–H and O–H groups in total. The maximum Gasteiger partial charge on any atom is 0.407 e. The number of hydrogen-bond acceptors (Lipinski definition) is 9. The van der Waals surface area contributed by atoms with E-state index >= 15 is 0 Å². The molecular formula is C24H36ClN7O3. The molecule has 1 amide bonds. The van der Waals surface area contributed by atoms with Crippen LogP contribution in [0.4, 0.5) is 28.3 Å². The number of ether oxygens (including phenoxy) is 2. The number of hydrogen-bond donors (Lipinski definition) is 4. The Morgan fingerprint density at radius 1 is 1.03 bits per heavy atom. The summed E-state index contributed by atoms with van der Waals surface area (Å²) in [6.07, 6.45) is 6.62. The number of benzene rings is 1. The first-order valence-corrected chi connectivity index (χ1v) is 12.4. The molecule has 1 saturated carbocycles. The number of rotatable bonds is 9. The molecule has 1 aromatic heterocycles. The smallest absolute Gasteiger partial charge is 0.407 e. The summed E-state index contributed by atoms with van der Waals surface area (Å²) in [5.41, 5.74) is 0.176. The average molecular weight is 506 g/mol. The van der Waals surface area contributed by atoms with Crippen LogP contribution in [-0.4, -0.2) is 52.9 Å². The molecule has 1 fully saturated rings. The van der Waals surface area contributed by atoms with Gasteiger partial charge in [0.2, 0.25) is 17.8 Å². The van der Waals surface area contributed by atoms with Gasteiger partial charge in [-0.3, -0.25) is 0 Å². The van der Waals surface area contributed by atoms with Crippen molar-refractivity contribution in [3.8, 4) is 5.75 Å². The number of methoxy groups -OCH3 is 1. The minimum Gasteiger partial charge on any atom is -0.495 e. The quantitative estimate of drug-likeness (QED) is 0.264. The van der Waals surface area contributed by atoms with Crippen molar-refractivity contribution in [1.29, 1.82) is 0 Å². The second-order valence-corrected chi connectivity index (χ2v) is 9.88. The Morgan fingerprint density at radius 2 is 1.71 bits per heavy atom. The molecule has 0 radical (unpaired) electrons. The number of alkyl carbamates (subject to hydrolysis) is 1. The van der Waals surface area contributed by atoms with Crippen molar-refractivity contribution in [2.24, 2.45) is 0 Å². The highest BCUT2D eigenvalue weighted by atomic mass is 35.5. The number of carbonyl (C=O) groups excluding carboxylic acids is 1. The molecule has 0 atom stereocenters. The molecule has 11 heteroatoms. The largest absolute Gasteiger partial charge is 0.495 e. The van der Waals surface area contributed by atoms with Crippen molar-refractivity contribution in [3.05, 3.63) is 23.2 Å². The molecule has 192 valence electrons. The van der Waals surface area contributed by atoms with Gasteiger partial charge in [0, 0.05) is 24.8 Å². The molecule has 0 unspecified atom stereocenters. The molecular weight excluding hydrogens is 470 g/mol. The first-order valence-electron chi connectivity index (χ1n) is 12.1. The molecule has 10 nitrogen and oxygen atoms in total. The lowest BCUT2D eigenvalue weighted by Gasteiger charge is -2.20. The molecule has 1 aliphatic rings. The van der Waals surface area contributed by atoms with Crippen LogP contribution in [0.1, 0.15) is 59.3 Å². The molecule has 0 saturated heterocycles. The van der Waals surface area contributed by atoms with Crippen LogP contribution in [0.2, 0.25) is 5.02 Å². The summed E-state index contributed by atoms with van der Waals surface area (Å²) in [7, 11) is 1.57. The molecule has 35 heavy (non-hydrogen) atoms. The first kappa shape index (κ1) is 26.6. The predicted molar refractivity (Wildman–Crippen MR) is 139 cm³/mol. The predicted octanol–water partition coefficient (Wildman–Crippen LogP) is 5.35. The second-order valence-electron chi connectivity index (χ2n) is 9.47. The second kappa shape index (κ2) is 12.6. The summed E-state index contributed by atoms with van der Waals surface area (Å²) in [6.45, 7) is 6.23. The van der Waals surface area contributed by atoms with Gasteiger partial charge < -0.3 is 30.7 Å². The zero-order chi connectivity index (χ0) is 25.3. The van der Waals surface area contributed by atoms with E-state index in [4.69, 9.17) is 21.1 Å². The topological polar surface area (TPSA) is 122 Å². The summed E-state index contributed by atoms with van der Waals surface area (Å²) >= 11 is 6.27. The third-order valence-corrected chi connectivity index (χ3v) is 5.60. The fraction of sp³-hybridized carbons (Fsp3) is 0.583. The van der Waals surface area contributed by atoms with E-state index in [0.29, 0.717) is 47.7 Å². The summed E-state index contributed by atoms with van der Waals surface area (Å²) in [5.74, 6) is 1.85. The Labute approximate surface area is 212 Å². The highest BCUT2D eigenvalue weighted by Gasteiger charge is 2.17. The van der Waals surface area contributed by atoms with Crippen molar-refractivity contribution in [3.63, 3.8) is 0 Å². The van der Waals surface area contributed by atoms with E-state index in [1.54, 1.807) is 19.2 Å². The number of amides is 1. The van der Waals surface area contributed by atoms with Crippen LogP contribution in [0.25, 0.3) is 0 Å². The lowest BCUT2D eigenvalue weighted by atomic mass is 10.1. The van der Waals surface area contributed by atoms with Crippen LogP contribution in [0.5, 0.6) is 5.75 Å². The van der Waals surface area contributed by atoms with Gasteiger partial charge in [-0.25, -0.2) is 4.79 Å². The number of halogens is 1. The zero-order valence-corrected chi connectivity index (χ0v) is 21.7. The summed E-state index contributed by atoms with van der Waals surface area (Å²) in [4.78, 5) is 25.5. The molecule has 0 bridgehead atoms. The van der Waals surface area contributed by atoms with E-state index in [2.05, 4.69) is 36.2 Å². The number of nitrogens with zero attached hydrogens (tertiary/aromatic N) is 3. The normalized spacial score (nSPS) is 14.5. The molecule has 0 spiro atoms. The van der Waals surface area contributed by atoms with Crippen molar-refractivity contribution in [2.75, 3.05) is 36.1 Å². The Bertz CT molecular complexity index is 976. The molecule has 1 aromatic carbocycles. The maximum absolute atomic E-state index is 11.9. The van der Waals surface area contributed by atoms with Crippen LogP contribution in [0.3, 0.4) is 0 Å². The van der Waals surface area contributed by atoms with E-state index in [0.717, 1.165) is 18.5 Å². The standard InChI is InChI=1S/C24H36ClN7O3/c1-24(2,3)35-23(33)27-14-13-26-20-30-21(28-16-9-7-5-6-8-10-16)32-22(31-20)29-17-11-12-19(34-4)18(25)15-17/h11-12,15-16H,5-10,13-14H2,1-4H3,(H,27,33)(H3,26,28,29,30,31,32). The Balaban J connectivity index is 1.69. The van der Waals surface area contributed by atoms with Gasteiger partial charge in [-0.2, -0.15) is 15.0 Å². The number of anilines is 4. The highest BCUT2D eigenvalue weighted by Crippen LogP contribution is 2.28. The third kappa shape index (κ3) is 9.28. The van der Waals surface area contributed by atoms with E-state index in [9.17, 15) is 4.79 Å². The van der Waals surface area contributed by atoms with Crippen LogP contribution in [-0.2, 0) is 4.74 Å². The van der Waals surface area contributed by atoms with Crippen LogP contribution in [0.15, 0.2) is 18.2 Å². The highest BCUT2D eigenvalue weighted by molar-refractivity contribution is 6.32. The van der Waals surface area contributed by atoms with Crippen molar-refractivity contribution in [2.45, 2.75) is 70.9 Å². The monoisotopic (exact) mass is 505 g/mol. The molecule has 1 heterocycles. The fourth-order valence-electron chi connectivity index (χ4n) is 3.71. The minimum atomic E-state index is -0.546. The average Bonchev–Trinajstić information content (AvgIpc) is 3.04. The summed E-state index contributed by atoms with van der Waals surface area (Å²) in [5, 5.41) is 13.0. The third-order valence-electron chi connectivity index (χ3n) is 5.31. The van der Waals surface area contributed by atoms with Gasteiger partial charge in [0.15, 0.2) is 0 Å². The first-order chi connectivity index (χ1) is 16.7. The van der Waals surface area contributed by atoms with Crippen molar-refractivity contribution >= 4 is 41.2 Å². The minimum absolute atomic E-state index is 0.324. The van der Waals surface area contributed by atoms with Gasteiger partial charge in [0.1, 0.15) is 11.4 Å². The molecule has 0 aliphatic heterocycles. The van der Waals surface area contributed by atoms with Gasteiger partial charge in [-0.1, -0.05) is 37.3 Å². The SMILES string of the molecule is COc1ccc(Nc2nc(NCCNC(=O)OC(C)(C)C)nc(NC3CCCCCC3)n2)cc1Cl. The van der Waals surface area contributed by atoms with Gasteiger partial charge in [0.05, 0.1) is 12.1 Å². The van der Waals surface area contributed by atoms with Gasteiger partial charge in [-0.15, -0.1) is 0 Å². The van der Waals surface area contributed by atoms with Crippen LogP contribution in [0, 0.1) is 0 Å². The van der Waals surface area contributed by atoms with E-state index in [1.165, 1.54) is 25.7 Å². The Kier molecular flexibility index (Phi) is 9.59. The van der Waals surface area contributed by atoms with Crippen molar-refractivity contribution in [1.82, 2.24) is 20.3 Å². The maximum atomic E-state index is 11.9. The van der Waals surface area contributed by atoms with E-state index in [1.807, 2.05) is 26.8 Å². The molecule has 2 aromatic rings. The van der Waals surface area contributed by atoms with Gasteiger partial charge in [-0.05, 0) is 51.8 Å². The van der Waals surface area contributed by atoms with E-state index < -0.39 is 11.7 Å². The van der Waals surface area contributed by atoms with E-state index in [-0.39, 0.29) is 0 Å². The molecule has 3 rings (SSSR count). The fourth-order valence-corrected chi connectivity index (χ4v) is 3.97. The summed E-state index contributed by atoms with van der Waals surface area (Å²) in [6, 6.07) is 5.69. The van der Waals surface area contributed by atoms with Crippen LogP contribution >= 0.6 is 11.6 Å².